The van der Waals surface area contributed by atoms with Gasteiger partial charge in [0, 0.05) is 23.8 Å². The topological polar surface area (TPSA) is 85.0 Å². The number of fused-ring (bicyclic) bond motifs is 2. The predicted octanol–water partition coefficient (Wildman–Crippen LogP) is 3.66. The van der Waals surface area contributed by atoms with Crippen LogP contribution in [0.3, 0.4) is 0 Å². The molecule has 0 atom stereocenters. The molecule has 10 heteroatoms. The Kier molecular flexibility index (Phi) is 5.46. The highest BCUT2D eigenvalue weighted by molar-refractivity contribution is 5.82. The first-order chi connectivity index (χ1) is 15.5. The molecular weight excluding hydrogens is 414 g/mol. The van der Waals surface area contributed by atoms with Crippen LogP contribution in [0.4, 0.5) is 14.7 Å². The van der Waals surface area contributed by atoms with Crippen LogP contribution in [0, 0.1) is 6.92 Å². The number of hydrogen-bond donors (Lipinski definition) is 2. The minimum absolute atomic E-state index is 0.370. The first-order valence-electron chi connectivity index (χ1n) is 10.9. The zero-order valence-electron chi connectivity index (χ0n) is 18.1. The molecule has 168 valence electrons. The Bertz CT molecular complexity index is 1240. The van der Waals surface area contributed by atoms with Crippen molar-refractivity contribution in [1.29, 1.82) is 0 Å². The molecule has 32 heavy (non-hydrogen) atoms. The number of hydrogen-bond acceptors (Lipinski definition) is 6. The van der Waals surface area contributed by atoms with Gasteiger partial charge in [0.05, 0.1) is 24.0 Å². The number of nitrogens with zero attached hydrogens (tertiary/aromatic N) is 6. The summed E-state index contributed by atoms with van der Waals surface area (Å²) in [4.78, 5) is 13.5. The van der Waals surface area contributed by atoms with Crippen LogP contribution in [0.25, 0.3) is 27.9 Å². The number of alkyl halides is 2. The predicted molar refractivity (Wildman–Crippen MR) is 119 cm³/mol. The quantitative estimate of drug-likeness (QED) is 0.476. The molecule has 1 saturated carbocycles. The number of nitrogens with one attached hydrogen (secondary N) is 2. The summed E-state index contributed by atoms with van der Waals surface area (Å²) in [5.74, 6) is 1.12. The lowest BCUT2D eigenvalue weighted by Crippen LogP contribution is -2.35. The molecule has 4 aromatic rings. The van der Waals surface area contributed by atoms with Gasteiger partial charge in [0.2, 0.25) is 5.95 Å². The van der Waals surface area contributed by atoms with Crippen LogP contribution in [0.15, 0.2) is 30.6 Å². The van der Waals surface area contributed by atoms with Crippen LogP contribution in [-0.4, -0.2) is 54.7 Å². The fraction of sp³-hybridized carbons (Fsp3) is 0.455. The summed E-state index contributed by atoms with van der Waals surface area (Å²) in [5, 5.41) is 11.4. The number of imidazole rings is 1. The smallest absolute Gasteiger partial charge is 0.256 e. The van der Waals surface area contributed by atoms with E-state index >= 15 is 0 Å². The number of aromatic nitrogens is 6. The van der Waals surface area contributed by atoms with Gasteiger partial charge < -0.3 is 15.2 Å². The molecule has 2 N–H and O–H groups in total. The summed E-state index contributed by atoms with van der Waals surface area (Å²) in [6.45, 7) is 1.29. The summed E-state index contributed by atoms with van der Waals surface area (Å²) in [5.41, 5.74) is 3.38. The molecule has 4 aromatic heterocycles. The van der Waals surface area contributed by atoms with Crippen molar-refractivity contribution in [3.63, 3.8) is 0 Å². The summed E-state index contributed by atoms with van der Waals surface area (Å²) in [6, 6.07) is 6.54. The maximum absolute atomic E-state index is 13.0. The molecule has 1 aliphatic rings. The second-order valence-corrected chi connectivity index (χ2v) is 8.32. The van der Waals surface area contributed by atoms with Crippen LogP contribution >= 0.6 is 0 Å². The Morgan fingerprint density at radius 3 is 2.62 bits per heavy atom. The van der Waals surface area contributed by atoms with Gasteiger partial charge in [-0.05, 0) is 57.9 Å². The molecular formula is C22H26F2N8. The molecule has 0 unspecified atom stereocenters. The fourth-order valence-electron chi connectivity index (χ4n) is 4.51. The third-order valence-electron chi connectivity index (χ3n) is 6.27. The molecule has 1 aliphatic carbocycles. The van der Waals surface area contributed by atoms with Crippen LogP contribution in [-0.2, 0) is 6.54 Å². The van der Waals surface area contributed by atoms with Gasteiger partial charge in [-0.15, -0.1) is 5.10 Å². The molecule has 8 nitrogen and oxygen atoms in total. The van der Waals surface area contributed by atoms with Gasteiger partial charge in [-0.3, -0.25) is 0 Å². The monoisotopic (exact) mass is 440 g/mol. The highest BCUT2D eigenvalue weighted by atomic mass is 19.3. The zero-order valence-corrected chi connectivity index (χ0v) is 18.1. The van der Waals surface area contributed by atoms with Crippen molar-refractivity contribution in [3.05, 3.63) is 36.4 Å². The Morgan fingerprint density at radius 1 is 1.09 bits per heavy atom. The highest BCUT2D eigenvalue weighted by Crippen LogP contribution is 2.27. The van der Waals surface area contributed by atoms with Gasteiger partial charge >= 0.3 is 0 Å². The maximum Gasteiger partial charge on any atom is 0.256 e. The van der Waals surface area contributed by atoms with Crippen LogP contribution in [0.1, 0.15) is 31.5 Å². The third kappa shape index (κ3) is 3.90. The van der Waals surface area contributed by atoms with Gasteiger partial charge in [0.25, 0.3) is 6.43 Å². The van der Waals surface area contributed by atoms with Gasteiger partial charge in [0.15, 0.2) is 5.65 Å². The maximum atomic E-state index is 13.0. The van der Waals surface area contributed by atoms with E-state index < -0.39 is 13.0 Å². The van der Waals surface area contributed by atoms with Crippen molar-refractivity contribution in [1.82, 2.24) is 34.4 Å². The van der Waals surface area contributed by atoms with E-state index in [1.165, 1.54) is 4.57 Å². The molecule has 0 amide bonds. The van der Waals surface area contributed by atoms with E-state index in [9.17, 15) is 8.78 Å². The lowest BCUT2D eigenvalue weighted by molar-refractivity contribution is 0.127. The minimum Gasteiger partial charge on any atom is -0.350 e. The van der Waals surface area contributed by atoms with E-state index in [0.717, 1.165) is 36.8 Å². The van der Waals surface area contributed by atoms with Crippen LogP contribution < -0.4 is 10.6 Å². The number of aryl methyl sites for hydroxylation is 1. The normalized spacial score (nSPS) is 19.3. The van der Waals surface area contributed by atoms with E-state index in [0.29, 0.717) is 40.7 Å². The molecule has 0 bridgehead atoms. The number of rotatable bonds is 6. The van der Waals surface area contributed by atoms with Crippen LogP contribution in [0.5, 0.6) is 0 Å². The Labute approximate surface area is 184 Å². The summed E-state index contributed by atoms with van der Waals surface area (Å²) >= 11 is 0. The molecule has 0 spiro atoms. The average molecular weight is 441 g/mol. The minimum atomic E-state index is -2.47. The third-order valence-corrected chi connectivity index (χ3v) is 6.27. The molecule has 0 aliphatic heterocycles. The molecule has 0 aromatic carbocycles. The Morgan fingerprint density at radius 2 is 1.88 bits per heavy atom. The average Bonchev–Trinajstić information content (AvgIpc) is 3.34. The molecule has 4 heterocycles. The first-order valence-corrected chi connectivity index (χ1v) is 10.9. The largest absolute Gasteiger partial charge is 0.350 e. The molecule has 1 fully saturated rings. The molecule has 5 rings (SSSR count). The van der Waals surface area contributed by atoms with E-state index in [4.69, 9.17) is 0 Å². The first kappa shape index (κ1) is 20.7. The number of pyridine rings is 1. The van der Waals surface area contributed by atoms with E-state index in [-0.39, 0.29) is 0 Å². The van der Waals surface area contributed by atoms with Gasteiger partial charge in [-0.2, -0.15) is 0 Å². The van der Waals surface area contributed by atoms with Crippen molar-refractivity contribution in [3.8, 4) is 11.3 Å². The number of halogens is 2. The molecule has 0 radical (unpaired) electrons. The van der Waals surface area contributed by atoms with Crippen LogP contribution in [0.2, 0.25) is 0 Å². The Balaban J connectivity index is 1.42. The van der Waals surface area contributed by atoms with Gasteiger partial charge in [-0.25, -0.2) is 28.2 Å². The van der Waals surface area contributed by atoms with E-state index in [1.807, 2.05) is 31.4 Å². The van der Waals surface area contributed by atoms with Gasteiger partial charge in [0.1, 0.15) is 11.3 Å². The summed E-state index contributed by atoms with van der Waals surface area (Å²) < 4.78 is 29.3. The van der Waals surface area contributed by atoms with Crippen molar-refractivity contribution in [2.75, 3.05) is 12.4 Å². The SMILES string of the molecule is CN[C@H]1CC[C@@H](Nc2ncc3c(-c4ccc5nc(C)n(CC(F)F)c5n4)ccn3n2)CC1. The van der Waals surface area contributed by atoms with E-state index in [1.54, 1.807) is 17.6 Å². The van der Waals surface area contributed by atoms with Crippen molar-refractivity contribution in [2.24, 2.45) is 0 Å². The van der Waals surface area contributed by atoms with Crippen molar-refractivity contribution in [2.45, 2.75) is 57.7 Å². The van der Waals surface area contributed by atoms with E-state index in [2.05, 4.69) is 30.7 Å². The van der Waals surface area contributed by atoms with Gasteiger partial charge in [-0.1, -0.05) is 0 Å². The summed E-state index contributed by atoms with van der Waals surface area (Å²) in [7, 11) is 2.01. The number of anilines is 1. The molecule has 0 saturated heterocycles. The Hall–Kier alpha value is -3.14. The van der Waals surface area contributed by atoms with Crippen molar-refractivity contribution >= 4 is 22.6 Å². The fourth-order valence-corrected chi connectivity index (χ4v) is 4.51. The van der Waals surface area contributed by atoms with Crippen molar-refractivity contribution < 1.29 is 8.78 Å². The zero-order chi connectivity index (χ0) is 22.2. The summed E-state index contributed by atoms with van der Waals surface area (Å²) in [6.07, 6.45) is 5.61. The lowest BCUT2D eigenvalue weighted by Gasteiger charge is -2.28. The lowest BCUT2D eigenvalue weighted by atomic mass is 9.91. The second kappa shape index (κ2) is 8.42. The standard InChI is InChI=1S/C22H26F2N8/c1-13-27-18-8-7-17(29-21(18)31(13)12-20(23)24)16-9-10-32-19(16)11-26-22(30-32)28-15-5-3-14(25-2)4-6-15/h7-11,14-15,20,25H,3-6,12H2,1-2H3,(H,28,30)/t14-,15+. The second-order valence-electron chi connectivity index (χ2n) is 8.32. The highest BCUT2D eigenvalue weighted by Gasteiger charge is 2.21.